The second-order valence-electron chi connectivity index (χ2n) is 5.23. The quantitative estimate of drug-likeness (QED) is 0.338. The Labute approximate surface area is 154 Å². The molecule has 8 nitrogen and oxygen atoms in total. The van der Waals surface area contributed by atoms with E-state index in [0.717, 1.165) is 11.0 Å². The maximum absolute atomic E-state index is 13.0. The van der Waals surface area contributed by atoms with E-state index in [4.69, 9.17) is 17.3 Å². The molecular weight excluding hydrogens is 401 g/mol. The van der Waals surface area contributed by atoms with Crippen LogP contribution < -0.4 is 10.6 Å². The Hall–Kier alpha value is -2.47. The van der Waals surface area contributed by atoms with Crippen molar-refractivity contribution in [3.63, 3.8) is 0 Å². The summed E-state index contributed by atoms with van der Waals surface area (Å²) in [6.45, 7) is 1.44. The normalized spacial score (nSPS) is 18.0. The number of hydrogen-bond donors (Lipinski definition) is 2. The van der Waals surface area contributed by atoms with Gasteiger partial charge in [-0.15, -0.1) is 12.6 Å². The van der Waals surface area contributed by atoms with Crippen LogP contribution in [0.15, 0.2) is 34.0 Å². The lowest BCUT2D eigenvalue weighted by Crippen LogP contribution is -2.36. The van der Waals surface area contributed by atoms with Gasteiger partial charge in [-0.25, -0.2) is 0 Å². The molecule has 0 aromatic heterocycles. The van der Waals surface area contributed by atoms with E-state index in [1.807, 2.05) is 0 Å². The summed E-state index contributed by atoms with van der Waals surface area (Å²) in [4.78, 5) is 21.5. The number of alkyl halides is 3. The third kappa shape index (κ3) is 3.42. The number of nitro benzene ring substituents is 2. The molecule has 13 heteroatoms. The molecule has 26 heavy (non-hydrogen) atoms. The predicted molar refractivity (Wildman–Crippen MR) is 90.8 cm³/mol. The van der Waals surface area contributed by atoms with Gasteiger partial charge in [-0.2, -0.15) is 13.2 Å². The van der Waals surface area contributed by atoms with Crippen molar-refractivity contribution in [2.75, 3.05) is 4.90 Å². The van der Waals surface area contributed by atoms with E-state index in [0.29, 0.717) is 0 Å². The van der Waals surface area contributed by atoms with Crippen LogP contribution in [0.5, 0.6) is 0 Å². The molecule has 0 amide bonds. The number of thiol groups is 1. The summed E-state index contributed by atoms with van der Waals surface area (Å²) >= 11 is 10.2. The van der Waals surface area contributed by atoms with Gasteiger partial charge < -0.3 is 10.6 Å². The molecule has 0 saturated heterocycles. The van der Waals surface area contributed by atoms with Crippen LogP contribution >= 0.6 is 24.2 Å². The van der Waals surface area contributed by atoms with Crippen molar-refractivity contribution < 1.29 is 23.0 Å². The molecule has 0 aliphatic carbocycles. The average molecular weight is 411 g/mol. The van der Waals surface area contributed by atoms with Gasteiger partial charge in [-0.1, -0.05) is 11.6 Å². The topological polar surface area (TPSA) is 116 Å². The molecule has 0 saturated carbocycles. The molecule has 1 heterocycles. The Bertz CT molecular complexity index is 836. The van der Waals surface area contributed by atoms with E-state index in [-0.39, 0.29) is 27.9 Å². The van der Waals surface area contributed by atoms with E-state index in [1.165, 1.54) is 6.92 Å². The molecule has 1 unspecified atom stereocenters. The van der Waals surface area contributed by atoms with Gasteiger partial charge in [0.1, 0.15) is 5.16 Å². The van der Waals surface area contributed by atoms with Gasteiger partial charge in [0.25, 0.3) is 0 Å². The predicted octanol–water partition coefficient (Wildman–Crippen LogP) is 3.91. The van der Waals surface area contributed by atoms with Crippen molar-refractivity contribution in [3.05, 3.63) is 59.8 Å². The zero-order chi connectivity index (χ0) is 20.0. The van der Waals surface area contributed by atoms with Gasteiger partial charge in [0.15, 0.2) is 5.69 Å². The number of nitrogens with two attached hydrogens (primary N) is 1. The summed E-state index contributed by atoms with van der Waals surface area (Å²) in [6, 6.07) is -0.442. The number of nitrogens with zero attached hydrogens (tertiary/aromatic N) is 3. The molecule has 140 valence electrons. The highest BCUT2D eigenvalue weighted by molar-refractivity contribution is 7.84. The fourth-order valence-corrected chi connectivity index (χ4v) is 2.94. The second kappa shape index (κ2) is 6.68. The molecule has 1 atom stereocenters. The molecule has 1 aliphatic heterocycles. The number of nitro groups is 2. The van der Waals surface area contributed by atoms with Gasteiger partial charge in [0.05, 0.1) is 21.5 Å². The Balaban J connectivity index is 2.86. The fourth-order valence-electron chi connectivity index (χ4n) is 2.41. The minimum atomic E-state index is -5.01. The molecule has 2 N–H and O–H groups in total. The highest BCUT2D eigenvalue weighted by atomic mass is 35.5. The number of anilines is 1. The molecule has 1 aromatic rings. The molecule has 0 bridgehead atoms. The smallest absolute Gasteiger partial charge is 0.398 e. The monoisotopic (exact) mass is 410 g/mol. The second-order valence-corrected chi connectivity index (χ2v) is 6.10. The Morgan fingerprint density at radius 1 is 1.23 bits per heavy atom. The van der Waals surface area contributed by atoms with Crippen molar-refractivity contribution in [3.8, 4) is 0 Å². The lowest BCUT2D eigenvalue weighted by atomic mass is 10.1. The summed E-state index contributed by atoms with van der Waals surface area (Å²) in [5.41, 5.74) is 1.35. The van der Waals surface area contributed by atoms with Crippen molar-refractivity contribution >= 4 is 41.3 Å². The summed E-state index contributed by atoms with van der Waals surface area (Å²) < 4.78 is 38.9. The first-order valence-electron chi connectivity index (χ1n) is 6.75. The van der Waals surface area contributed by atoms with Crippen LogP contribution in [0, 0.1) is 20.2 Å². The van der Waals surface area contributed by atoms with Crippen LogP contribution in [-0.2, 0) is 6.18 Å². The third-order valence-corrected chi connectivity index (χ3v) is 4.54. The average Bonchev–Trinajstić information content (AvgIpc) is 2.51. The zero-order valence-electron chi connectivity index (χ0n) is 12.8. The largest absolute Gasteiger partial charge is 0.416 e. The first-order chi connectivity index (χ1) is 11.9. The minimum Gasteiger partial charge on any atom is -0.398 e. The van der Waals surface area contributed by atoms with E-state index in [9.17, 15) is 33.4 Å². The summed E-state index contributed by atoms with van der Waals surface area (Å²) in [7, 11) is 0. The summed E-state index contributed by atoms with van der Waals surface area (Å²) in [5, 5.41) is 22.5. The highest BCUT2D eigenvalue weighted by Gasteiger charge is 2.41. The summed E-state index contributed by atoms with van der Waals surface area (Å²) in [6.07, 6.45) is -3.87. The highest BCUT2D eigenvalue weighted by Crippen LogP contribution is 2.47. The standard InChI is InChI=1S/C13H10ClF3N4O4S/c1-5-12(26)7(18)4-10(14)19(5)11-8(20(22)23)2-6(13(15,16)17)3-9(11)21(24)25/h2-5,26H,18H2,1H3. The number of benzene rings is 1. The fraction of sp³-hybridized carbons (Fsp3) is 0.231. The molecule has 2 rings (SSSR count). The molecule has 1 aliphatic rings. The van der Waals surface area contributed by atoms with Crippen LogP contribution in [0.3, 0.4) is 0 Å². The number of rotatable bonds is 3. The van der Waals surface area contributed by atoms with Crippen molar-refractivity contribution in [1.29, 1.82) is 0 Å². The van der Waals surface area contributed by atoms with Crippen molar-refractivity contribution in [1.82, 2.24) is 0 Å². The Morgan fingerprint density at radius 3 is 2.08 bits per heavy atom. The molecule has 0 fully saturated rings. The van der Waals surface area contributed by atoms with Gasteiger partial charge in [0.2, 0.25) is 0 Å². The Morgan fingerprint density at radius 2 is 1.69 bits per heavy atom. The molecule has 1 aromatic carbocycles. The number of hydrogen-bond acceptors (Lipinski definition) is 7. The zero-order valence-corrected chi connectivity index (χ0v) is 14.5. The maximum atomic E-state index is 13.0. The van der Waals surface area contributed by atoms with Crippen LogP contribution in [0.4, 0.5) is 30.2 Å². The summed E-state index contributed by atoms with van der Waals surface area (Å²) in [5.74, 6) is 0. The van der Waals surface area contributed by atoms with Gasteiger partial charge >= 0.3 is 17.6 Å². The molecule has 0 radical (unpaired) electrons. The van der Waals surface area contributed by atoms with Gasteiger partial charge in [0, 0.05) is 22.7 Å². The van der Waals surface area contributed by atoms with Gasteiger partial charge in [-0.3, -0.25) is 20.2 Å². The van der Waals surface area contributed by atoms with Crippen LogP contribution in [-0.4, -0.2) is 15.9 Å². The molecule has 0 spiro atoms. The van der Waals surface area contributed by atoms with E-state index >= 15 is 0 Å². The lowest BCUT2D eigenvalue weighted by Gasteiger charge is -2.33. The third-order valence-electron chi connectivity index (χ3n) is 3.61. The SMILES string of the molecule is CC1C(S)=C(N)C=C(Cl)N1c1c([N+](=O)[O-])cc(C(F)(F)F)cc1[N+](=O)[O-]. The number of allylic oxidation sites excluding steroid dienone is 1. The van der Waals surface area contributed by atoms with E-state index in [2.05, 4.69) is 12.6 Å². The molecular formula is C13H10ClF3N4O4S. The van der Waals surface area contributed by atoms with Crippen molar-refractivity contribution in [2.45, 2.75) is 19.1 Å². The van der Waals surface area contributed by atoms with Crippen LogP contribution in [0.2, 0.25) is 0 Å². The Kier molecular flexibility index (Phi) is 5.10. The maximum Gasteiger partial charge on any atom is 0.416 e. The lowest BCUT2D eigenvalue weighted by molar-refractivity contribution is -0.393. The minimum absolute atomic E-state index is 0.124. The van der Waals surface area contributed by atoms with Crippen LogP contribution in [0.1, 0.15) is 12.5 Å². The van der Waals surface area contributed by atoms with E-state index in [1.54, 1.807) is 0 Å². The first-order valence-corrected chi connectivity index (χ1v) is 7.57. The van der Waals surface area contributed by atoms with Gasteiger partial charge in [-0.05, 0) is 13.0 Å². The first kappa shape index (κ1) is 19.8. The van der Waals surface area contributed by atoms with Crippen molar-refractivity contribution in [2.24, 2.45) is 5.73 Å². The number of halogens is 4. The van der Waals surface area contributed by atoms with E-state index < -0.39 is 44.7 Å². The van der Waals surface area contributed by atoms with Crippen LogP contribution in [0.25, 0.3) is 0 Å².